The molecule has 0 amide bonds. The maximum absolute atomic E-state index is 10.7. The molecule has 1 aliphatic carbocycles. The largest absolute Gasteiger partial charge is 0.477 e. The van der Waals surface area contributed by atoms with Crippen LogP contribution >= 0.6 is 0 Å². The number of aromatic nitrogens is 2. The first-order valence-electron chi connectivity index (χ1n) is 5.33. The average molecular weight is 206 g/mol. The summed E-state index contributed by atoms with van der Waals surface area (Å²) in [4.78, 5) is 19.0. The molecular formula is C11H14N2O2. The van der Waals surface area contributed by atoms with Crippen LogP contribution in [0.1, 0.15) is 54.3 Å². The van der Waals surface area contributed by atoms with Crippen molar-refractivity contribution in [3.8, 4) is 0 Å². The third-order valence-electron chi connectivity index (χ3n) is 2.86. The lowest BCUT2D eigenvalue weighted by Gasteiger charge is -2.19. The highest BCUT2D eigenvalue weighted by atomic mass is 16.4. The molecule has 80 valence electrons. The molecule has 0 bridgehead atoms. The van der Waals surface area contributed by atoms with Crippen LogP contribution in [0.4, 0.5) is 0 Å². The van der Waals surface area contributed by atoms with Gasteiger partial charge in [0, 0.05) is 12.1 Å². The highest BCUT2D eigenvalue weighted by Crippen LogP contribution is 2.30. The Morgan fingerprint density at radius 1 is 1.33 bits per heavy atom. The fourth-order valence-corrected chi connectivity index (χ4v) is 2.05. The van der Waals surface area contributed by atoms with Crippen LogP contribution in [-0.4, -0.2) is 21.0 Å². The molecule has 1 aromatic heterocycles. The molecule has 1 N–H and O–H groups in total. The lowest BCUT2D eigenvalue weighted by molar-refractivity contribution is 0.0689. The smallest absolute Gasteiger partial charge is 0.354 e. The van der Waals surface area contributed by atoms with Crippen LogP contribution in [0.5, 0.6) is 0 Å². The van der Waals surface area contributed by atoms with Gasteiger partial charge in [0.15, 0.2) is 5.69 Å². The van der Waals surface area contributed by atoms with Crippen LogP contribution in [0, 0.1) is 0 Å². The molecule has 4 nitrogen and oxygen atoms in total. The Kier molecular flexibility index (Phi) is 2.94. The van der Waals surface area contributed by atoms with E-state index in [4.69, 9.17) is 5.11 Å². The highest BCUT2D eigenvalue weighted by molar-refractivity contribution is 5.85. The van der Waals surface area contributed by atoms with Crippen molar-refractivity contribution in [1.82, 2.24) is 9.97 Å². The molecule has 1 saturated carbocycles. The van der Waals surface area contributed by atoms with Crippen LogP contribution in [-0.2, 0) is 0 Å². The van der Waals surface area contributed by atoms with Crippen LogP contribution < -0.4 is 0 Å². The molecule has 1 heterocycles. The van der Waals surface area contributed by atoms with E-state index in [1.165, 1.54) is 25.3 Å². The molecule has 0 radical (unpaired) electrons. The SMILES string of the molecule is O=C(O)c1ccnc(C2CCCCC2)n1. The van der Waals surface area contributed by atoms with E-state index in [9.17, 15) is 4.79 Å². The Morgan fingerprint density at radius 2 is 2.07 bits per heavy atom. The molecule has 0 saturated heterocycles. The molecular weight excluding hydrogens is 192 g/mol. The van der Waals surface area contributed by atoms with Crippen molar-refractivity contribution < 1.29 is 9.90 Å². The Labute approximate surface area is 88.4 Å². The number of hydrogen-bond donors (Lipinski definition) is 1. The molecule has 1 fully saturated rings. The number of aromatic carboxylic acids is 1. The minimum atomic E-state index is -0.977. The number of carbonyl (C=O) groups is 1. The molecule has 15 heavy (non-hydrogen) atoms. The van der Waals surface area contributed by atoms with Gasteiger partial charge < -0.3 is 5.11 Å². The first kappa shape index (κ1) is 10.1. The van der Waals surface area contributed by atoms with Crippen molar-refractivity contribution in [3.05, 3.63) is 23.8 Å². The Bertz CT molecular complexity index is 359. The minimum Gasteiger partial charge on any atom is -0.477 e. The summed E-state index contributed by atoms with van der Waals surface area (Å²) in [5.41, 5.74) is 0.102. The topological polar surface area (TPSA) is 63.1 Å². The van der Waals surface area contributed by atoms with Gasteiger partial charge in [0.05, 0.1) is 0 Å². The normalized spacial score (nSPS) is 17.6. The van der Waals surface area contributed by atoms with Crippen LogP contribution in [0.2, 0.25) is 0 Å². The van der Waals surface area contributed by atoms with Gasteiger partial charge in [-0.1, -0.05) is 19.3 Å². The van der Waals surface area contributed by atoms with Gasteiger partial charge in [-0.05, 0) is 18.9 Å². The van der Waals surface area contributed by atoms with Gasteiger partial charge in [0.1, 0.15) is 5.82 Å². The predicted octanol–water partition coefficient (Wildman–Crippen LogP) is 2.22. The van der Waals surface area contributed by atoms with Gasteiger partial charge in [0.2, 0.25) is 0 Å². The Hall–Kier alpha value is -1.45. The summed E-state index contributed by atoms with van der Waals surface area (Å²) in [5.74, 6) is 0.0853. The minimum absolute atomic E-state index is 0.102. The van der Waals surface area contributed by atoms with Gasteiger partial charge >= 0.3 is 5.97 Å². The van der Waals surface area contributed by atoms with E-state index < -0.39 is 5.97 Å². The molecule has 0 unspecified atom stereocenters. The first-order valence-corrected chi connectivity index (χ1v) is 5.33. The molecule has 0 atom stereocenters. The van der Waals surface area contributed by atoms with Crippen molar-refractivity contribution in [2.75, 3.05) is 0 Å². The number of carboxylic acids is 1. The number of nitrogens with zero attached hydrogens (tertiary/aromatic N) is 2. The second kappa shape index (κ2) is 4.38. The quantitative estimate of drug-likeness (QED) is 0.805. The molecule has 2 rings (SSSR count). The van der Waals surface area contributed by atoms with Gasteiger partial charge in [-0.2, -0.15) is 0 Å². The zero-order chi connectivity index (χ0) is 10.7. The van der Waals surface area contributed by atoms with E-state index in [0.717, 1.165) is 12.8 Å². The summed E-state index contributed by atoms with van der Waals surface area (Å²) >= 11 is 0. The van der Waals surface area contributed by atoms with Gasteiger partial charge in [-0.15, -0.1) is 0 Å². The molecule has 0 aromatic carbocycles. The second-order valence-electron chi connectivity index (χ2n) is 3.94. The van der Waals surface area contributed by atoms with E-state index in [1.807, 2.05) is 0 Å². The summed E-state index contributed by atoms with van der Waals surface area (Å²) in [6.45, 7) is 0. The Morgan fingerprint density at radius 3 is 2.73 bits per heavy atom. The molecule has 4 heteroatoms. The maximum atomic E-state index is 10.7. The predicted molar refractivity (Wildman–Crippen MR) is 54.8 cm³/mol. The van der Waals surface area contributed by atoms with Crippen LogP contribution in [0.3, 0.4) is 0 Å². The van der Waals surface area contributed by atoms with Crippen molar-refractivity contribution >= 4 is 5.97 Å². The summed E-state index contributed by atoms with van der Waals surface area (Å²) in [6, 6.07) is 1.44. The summed E-state index contributed by atoms with van der Waals surface area (Å²) in [7, 11) is 0. The maximum Gasteiger partial charge on any atom is 0.354 e. The third kappa shape index (κ3) is 2.32. The monoisotopic (exact) mass is 206 g/mol. The standard InChI is InChI=1S/C11H14N2O2/c14-11(15)9-6-7-12-10(13-9)8-4-2-1-3-5-8/h6-8H,1-5H2,(H,14,15). The fraction of sp³-hybridized carbons (Fsp3) is 0.545. The molecule has 0 spiro atoms. The van der Waals surface area contributed by atoms with Gasteiger partial charge in [-0.3, -0.25) is 0 Å². The van der Waals surface area contributed by atoms with Crippen LogP contribution in [0.15, 0.2) is 12.3 Å². The van der Waals surface area contributed by atoms with E-state index in [0.29, 0.717) is 11.7 Å². The third-order valence-corrected chi connectivity index (χ3v) is 2.86. The summed E-state index contributed by atoms with van der Waals surface area (Å²) < 4.78 is 0. The van der Waals surface area contributed by atoms with Gasteiger partial charge in [-0.25, -0.2) is 14.8 Å². The summed E-state index contributed by atoms with van der Waals surface area (Å²) in [5, 5.41) is 8.82. The van der Waals surface area contributed by atoms with E-state index in [2.05, 4.69) is 9.97 Å². The van der Waals surface area contributed by atoms with Crippen molar-refractivity contribution in [1.29, 1.82) is 0 Å². The molecule has 1 aliphatic rings. The molecule has 1 aromatic rings. The van der Waals surface area contributed by atoms with E-state index in [1.54, 1.807) is 6.20 Å². The average Bonchev–Trinajstić information content (AvgIpc) is 2.30. The fourth-order valence-electron chi connectivity index (χ4n) is 2.05. The zero-order valence-corrected chi connectivity index (χ0v) is 8.52. The van der Waals surface area contributed by atoms with Crippen molar-refractivity contribution in [2.24, 2.45) is 0 Å². The lowest BCUT2D eigenvalue weighted by Crippen LogP contribution is -2.11. The number of rotatable bonds is 2. The van der Waals surface area contributed by atoms with E-state index >= 15 is 0 Å². The lowest BCUT2D eigenvalue weighted by atomic mass is 9.88. The first-order chi connectivity index (χ1) is 7.27. The van der Waals surface area contributed by atoms with Crippen molar-refractivity contribution in [2.45, 2.75) is 38.0 Å². The summed E-state index contributed by atoms with van der Waals surface area (Å²) in [6.07, 6.45) is 7.39. The molecule has 0 aliphatic heterocycles. The zero-order valence-electron chi connectivity index (χ0n) is 8.52. The van der Waals surface area contributed by atoms with E-state index in [-0.39, 0.29) is 5.69 Å². The highest BCUT2D eigenvalue weighted by Gasteiger charge is 2.19. The van der Waals surface area contributed by atoms with Crippen molar-refractivity contribution in [3.63, 3.8) is 0 Å². The van der Waals surface area contributed by atoms with Crippen LogP contribution in [0.25, 0.3) is 0 Å². The second-order valence-corrected chi connectivity index (χ2v) is 3.94. The Balaban J connectivity index is 2.19. The van der Waals surface area contributed by atoms with Gasteiger partial charge in [0.25, 0.3) is 0 Å². The number of hydrogen-bond acceptors (Lipinski definition) is 3. The number of carboxylic acid groups (broad SMARTS) is 1.